The zero-order valence-corrected chi connectivity index (χ0v) is 11.9. The van der Waals surface area contributed by atoms with Gasteiger partial charge in [0, 0.05) is 37.0 Å². The Morgan fingerprint density at radius 1 is 1.50 bits per heavy atom. The molecule has 0 saturated carbocycles. The Bertz CT molecular complexity index is 491. The molecule has 1 aliphatic rings. The molecule has 0 aromatic heterocycles. The molecule has 1 saturated heterocycles. The standard InChI is InChI=1S/C14H21N3O3/c1-10(2)20-14-7-12(6-13(8-14)17(18)19)16-5-3-4-11(16)9-15/h6-8,10-11H,3-5,9,15H2,1-2H3. The predicted molar refractivity (Wildman–Crippen MR) is 78.3 cm³/mol. The van der Waals surface area contributed by atoms with Gasteiger partial charge in [0.25, 0.3) is 5.69 Å². The fourth-order valence-electron chi connectivity index (χ4n) is 2.60. The molecule has 1 heterocycles. The number of nitro groups is 1. The van der Waals surface area contributed by atoms with E-state index in [1.165, 1.54) is 6.07 Å². The Morgan fingerprint density at radius 3 is 2.85 bits per heavy atom. The van der Waals surface area contributed by atoms with Gasteiger partial charge in [-0.25, -0.2) is 0 Å². The summed E-state index contributed by atoms with van der Waals surface area (Å²) in [7, 11) is 0. The average molecular weight is 279 g/mol. The van der Waals surface area contributed by atoms with Gasteiger partial charge in [0.1, 0.15) is 5.75 Å². The van der Waals surface area contributed by atoms with Gasteiger partial charge >= 0.3 is 0 Å². The summed E-state index contributed by atoms with van der Waals surface area (Å²) in [6.45, 7) is 5.24. The molecular formula is C14H21N3O3. The lowest BCUT2D eigenvalue weighted by atomic mass is 10.2. The van der Waals surface area contributed by atoms with E-state index < -0.39 is 0 Å². The van der Waals surface area contributed by atoms with Crippen LogP contribution in [0.15, 0.2) is 18.2 Å². The van der Waals surface area contributed by atoms with Crippen molar-refractivity contribution in [3.05, 3.63) is 28.3 Å². The monoisotopic (exact) mass is 279 g/mol. The third-order valence-corrected chi connectivity index (χ3v) is 3.44. The number of nitrogens with two attached hydrogens (primary N) is 1. The number of hydrogen-bond donors (Lipinski definition) is 1. The summed E-state index contributed by atoms with van der Waals surface area (Å²) >= 11 is 0. The Kier molecular flexibility index (Phi) is 4.44. The summed E-state index contributed by atoms with van der Waals surface area (Å²) in [5, 5.41) is 11.1. The second-order valence-corrected chi connectivity index (χ2v) is 5.33. The van der Waals surface area contributed by atoms with E-state index in [1.807, 2.05) is 19.9 Å². The first-order valence-electron chi connectivity index (χ1n) is 6.94. The van der Waals surface area contributed by atoms with Crippen molar-refractivity contribution >= 4 is 11.4 Å². The number of non-ortho nitro benzene ring substituents is 1. The van der Waals surface area contributed by atoms with Gasteiger partial charge in [-0.2, -0.15) is 0 Å². The van der Waals surface area contributed by atoms with Gasteiger partial charge in [0.2, 0.25) is 0 Å². The molecule has 0 bridgehead atoms. The van der Waals surface area contributed by atoms with E-state index >= 15 is 0 Å². The number of rotatable bonds is 5. The maximum Gasteiger partial charge on any atom is 0.275 e. The first kappa shape index (κ1) is 14.6. The minimum atomic E-state index is -0.385. The first-order valence-corrected chi connectivity index (χ1v) is 6.94. The largest absolute Gasteiger partial charge is 0.491 e. The molecule has 20 heavy (non-hydrogen) atoms. The van der Waals surface area contributed by atoms with Gasteiger partial charge in [0.15, 0.2) is 0 Å². The highest BCUT2D eigenvalue weighted by Crippen LogP contribution is 2.32. The summed E-state index contributed by atoms with van der Waals surface area (Å²) in [5.74, 6) is 0.534. The molecule has 0 radical (unpaired) electrons. The SMILES string of the molecule is CC(C)Oc1cc(N2CCCC2CN)cc([N+](=O)[O-])c1. The van der Waals surface area contributed by atoms with Crippen LogP contribution in [0.5, 0.6) is 5.75 Å². The lowest BCUT2D eigenvalue weighted by molar-refractivity contribution is -0.384. The molecule has 0 aliphatic carbocycles. The van der Waals surface area contributed by atoms with E-state index in [2.05, 4.69) is 4.90 Å². The van der Waals surface area contributed by atoms with Crippen molar-refractivity contribution in [2.45, 2.75) is 38.8 Å². The molecule has 0 amide bonds. The van der Waals surface area contributed by atoms with Crippen molar-refractivity contribution in [3.63, 3.8) is 0 Å². The molecule has 1 aliphatic heterocycles. The third kappa shape index (κ3) is 3.19. The maximum atomic E-state index is 11.1. The van der Waals surface area contributed by atoms with Crippen LogP contribution in [0.4, 0.5) is 11.4 Å². The molecule has 110 valence electrons. The maximum absolute atomic E-state index is 11.1. The average Bonchev–Trinajstić information content (AvgIpc) is 2.85. The normalized spacial score (nSPS) is 18.6. The molecule has 2 rings (SSSR count). The summed E-state index contributed by atoms with van der Waals surface area (Å²) < 4.78 is 5.61. The van der Waals surface area contributed by atoms with Gasteiger partial charge in [-0.15, -0.1) is 0 Å². The molecule has 6 heteroatoms. The molecule has 1 aromatic carbocycles. The van der Waals surface area contributed by atoms with Crippen molar-refractivity contribution in [1.82, 2.24) is 0 Å². The van der Waals surface area contributed by atoms with Crippen LogP contribution in [-0.4, -0.2) is 30.2 Å². The predicted octanol–water partition coefficient (Wildman–Crippen LogP) is 2.31. The number of nitrogens with zero attached hydrogens (tertiary/aromatic N) is 2. The smallest absolute Gasteiger partial charge is 0.275 e. The highest BCUT2D eigenvalue weighted by molar-refractivity contribution is 5.59. The summed E-state index contributed by atoms with van der Waals surface area (Å²) in [6, 6.07) is 5.18. The van der Waals surface area contributed by atoms with Gasteiger partial charge in [0.05, 0.1) is 17.1 Å². The number of nitro benzene ring substituents is 1. The van der Waals surface area contributed by atoms with Crippen molar-refractivity contribution in [2.24, 2.45) is 5.73 Å². The van der Waals surface area contributed by atoms with Gasteiger partial charge in [-0.3, -0.25) is 10.1 Å². The summed E-state index contributed by atoms with van der Waals surface area (Å²) in [4.78, 5) is 12.8. The minimum absolute atomic E-state index is 0.0197. The van der Waals surface area contributed by atoms with Gasteiger partial charge in [-0.05, 0) is 26.7 Å². The van der Waals surface area contributed by atoms with Crippen molar-refractivity contribution in [2.75, 3.05) is 18.0 Å². The molecular weight excluding hydrogens is 258 g/mol. The molecule has 0 spiro atoms. The highest BCUT2D eigenvalue weighted by Gasteiger charge is 2.25. The molecule has 1 fully saturated rings. The number of benzene rings is 1. The van der Waals surface area contributed by atoms with Crippen molar-refractivity contribution < 1.29 is 9.66 Å². The highest BCUT2D eigenvalue weighted by atomic mass is 16.6. The van der Waals surface area contributed by atoms with Gasteiger partial charge < -0.3 is 15.4 Å². The van der Waals surface area contributed by atoms with Crippen LogP contribution in [0.1, 0.15) is 26.7 Å². The Balaban J connectivity index is 2.35. The lowest BCUT2D eigenvalue weighted by Crippen LogP contribution is -2.35. The van der Waals surface area contributed by atoms with E-state index in [9.17, 15) is 10.1 Å². The fourth-order valence-corrected chi connectivity index (χ4v) is 2.60. The van der Waals surface area contributed by atoms with Crippen LogP contribution >= 0.6 is 0 Å². The third-order valence-electron chi connectivity index (χ3n) is 3.44. The molecule has 6 nitrogen and oxygen atoms in total. The lowest BCUT2D eigenvalue weighted by Gasteiger charge is -2.26. The summed E-state index contributed by atoms with van der Waals surface area (Å²) in [6.07, 6.45) is 2.07. The van der Waals surface area contributed by atoms with E-state index in [1.54, 1.807) is 6.07 Å². The summed E-state index contributed by atoms with van der Waals surface area (Å²) in [5.41, 5.74) is 6.65. The Morgan fingerprint density at radius 2 is 2.25 bits per heavy atom. The molecule has 2 N–H and O–H groups in total. The van der Waals surface area contributed by atoms with Crippen LogP contribution in [0, 0.1) is 10.1 Å². The zero-order chi connectivity index (χ0) is 14.7. The van der Waals surface area contributed by atoms with Crippen molar-refractivity contribution in [3.8, 4) is 5.75 Å². The second-order valence-electron chi connectivity index (χ2n) is 5.33. The van der Waals surface area contributed by atoms with E-state index in [0.717, 1.165) is 25.1 Å². The second kappa shape index (κ2) is 6.09. The number of ether oxygens (including phenoxy) is 1. The minimum Gasteiger partial charge on any atom is -0.491 e. The quantitative estimate of drug-likeness (QED) is 0.660. The topological polar surface area (TPSA) is 81.6 Å². The number of hydrogen-bond acceptors (Lipinski definition) is 5. The Hall–Kier alpha value is -1.82. The Labute approximate surface area is 118 Å². The van der Waals surface area contributed by atoms with E-state index in [4.69, 9.17) is 10.5 Å². The van der Waals surface area contributed by atoms with Crippen LogP contribution < -0.4 is 15.4 Å². The van der Waals surface area contributed by atoms with Crippen molar-refractivity contribution in [1.29, 1.82) is 0 Å². The van der Waals surface area contributed by atoms with Crippen LogP contribution in [0.3, 0.4) is 0 Å². The van der Waals surface area contributed by atoms with Crippen LogP contribution in [-0.2, 0) is 0 Å². The van der Waals surface area contributed by atoms with E-state index in [-0.39, 0.29) is 22.8 Å². The molecule has 1 unspecified atom stereocenters. The zero-order valence-electron chi connectivity index (χ0n) is 11.9. The fraction of sp³-hybridized carbons (Fsp3) is 0.571. The van der Waals surface area contributed by atoms with Crippen LogP contribution in [0.25, 0.3) is 0 Å². The first-order chi connectivity index (χ1) is 9.51. The molecule has 1 aromatic rings. The molecule has 1 atom stereocenters. The number of anilines is 1. The van der Waals surface area contributed by atoms with Crippen LogP contribution in [0.2, 0.25) is 0 Å². The van der Waals surface area contributed by atoms with Gasteiger partial charge in [-0.1, -0.05) is 0 Å². The van der Waals surface area contributed by atoms with E-state index in [0.29, 0.717) is 12.3 Å².